The zero-order valence-corrected chi connectivity index (χ0v) is 14.4. The summed E-state index contributed by atoms with van der Waals surface area (Å²) >= 11 is 0. The molecule has 0 aliphatic rings. The number of carbonyl (C=O) groups excluding carboxylic acids is 1. The Morgan fingerprint density at radius 2 is 2.19 bits per heavy atom. The zero-order valence-electron chi connectivity index (χ0n) is 14.4. The molecule has 0 spiro atoms. The Kier molecular flexibility index (Phi) is 4.68. The van der Waals surface area contributed by atoms with Crippen LogP contribution in [0.5, 0.6) is 0 Å². The van der Waals surface area contributed by atoms with Crippen molar-refractivity contribution in [3.63, 3.8) is 0 Å². The van der Waals surface area contributed by atoms with Gasteiger partial charge in [-0.15, -0.1) is 0 Å². The fourth-order valence-electron chi connectivity index (χ4n) is 2.70. The predicted octanol–water partition coefficient (Wildman–Crippen LogP) is 2.21. The van der Waals surface area contributed by atoms with E-state index in [1.165, 1.54) is 13.4 Å². The van der Waals surface area contributed by atoms with Gasteiger partial charge >= 0.3 is 0 Å². The van der Waals surface area contributed by atoms with Crippen LogP contribution in [-0.2, 0) is 9.53 Å². The first-order valence-corrected chi connectivity index (χ1v) is 7.94. The van der Waals surface area contributed by atoms with Gasteiger partial charge in [-0.05, 0) is 25.1 Å². The van der Waals surface area contributed by atoms with Crippen LogP contribution in [0.15, 0.2) is 30.6 Å². The number of fused-ring (bicyclic) bond motifs is 1. The minimum absolute atomic E-state index is 0.119. The van der Waals surface area contributed by atoms with Crippen molar-refractivity contribution >= 4 is 40.0 Å². The Morgan fingerprint density at radius 1 is 1.38 bits per heavy atom. The lowest BCUT2D eigenvalue weighted by Crippen LogP contribution is -2.13. The quantitative estimate of drug-likeness (QED) is 0.306. The predicted molar refractivity (Wildman–Crippen MR) is 101 cm³/mol. The van der Waals surface area contributed by atoms with Gasteiger partial charge in [0.05, 0.1) is 24.1 Å². The molecule has 26 heavy (non-hydrogen) atoms. The Balaban J connectivity index is 2.06. The number of anilines is 2. The first-order chi connectivity index (χ1) is 12.6. The van der Waals surface area contributed by atoms with Gasteiger partial charge in [-0.2, -0.15) is 0 Å². The lowest BCUT2D eigenvalue weighted by atomic mass is 10.1. The van der Waals surface area contributed by atoms with Gasteiger partial charge in [0.15, 0.2) is 5.94 Å². The minimum atomic E-state index is 0.119. The Morgan fingerprint density at radius 3 is 2.88 bits per heavy atom. The van der Waals surface area contributed by atoms with Crippen LogP contribution in [0.3, 0.4) is 0 Å². The van der Waals surface area contributed by atoms with Crippen LogP contribution >= 0.6 is 0 Å². The number of aromatic amines is 1. The van der Waals surface area contributed by atoms with Crippen molar-refractivity contribution in [1.82, 2.24) is 15.0 Å². The number of H-pyrrole nitrogens is 1. The molecule has 0 saturated carbocycles. The molecule has 8 nitrogen and oxygen atoms in total. The Hall–Kier alpha value is -3.64. The van der Waals surface area contributed by atoms with Crippen molar-refractivity contribution in [1.29, 1.82) is 5.41 Å². The van der Waals surface area contributed by atoms with E-state index < -0.39 is 0 Å². The highest BCUT2D eigenvalue weighted by Crippen LogP contribution is 2.25. The van der Waals surface area contributed by atoms with Gasteiger partial charge < -0.3 is 20.8 Å². The number of hydrogen-bond acceptors (Lipinski definition) is 7. The zero-order chi connectivity index (χ0) is 18.7. The molecule has 0 atom stereocenters. The summed E-state index contributed by atoms with van der Waals surface area (Å²) in [6.45, 7) is 2.58. The molecule has 8 heteroatoms. The van der Waals surface area contributed by atoms with Crippen molar-refractivity contribution in [3.8, 4) is 0 Å². The van der Waals surface area contributed by atoms with Gasteiger partial charge in [-0.3, -0.25) is 5.41 Å². The highest BCUT2D eigenvalue weighted by atomic mass is 16.5. The third-order valence-corrected chi connectivity index (χ3v) is 3.92. The average molecular weight is 350 g/mol. The molecule has 0 aliphatic heterocycles. The molecule has 0 unspecified atom stereocenters. The summed E-state index contributed by atoms with van der Waals surface area (Å²) < 4.78 is 5.01. The number of hydrogen-bond donors (Lipinski definition) is 4. The molecule has 3 aromatic rings. The largest absolute Gasteiger partial charge is 0.486 e. The van der Waals surface area contributed by atoms with E-state index in [1.54, 1.807) is 18.1 Å². The molecular formula is C18H18N6O2. The molecule has 0 saturated heterocycles. The smallest absolute Gasteiger partial charge is 0.210 e. The van der Waals surface area contributed by atoms with Crippen molar-refractivity contribution in [2.75, 3.05) is 24.7 Å². The van der Waals surface area contributed by atoms with E-state index in [-0.39, 0.29) is 17.3 Å². The van der Waals surface area contributed by atoms with Gasteiger partial charge in [0.25, 0.3) is 0 Å². The monoisotopic (exact) mass is 350 g/mol. The summed E-state index contributed by atoms with van der Waals surface area (Å²) in [6.07, 6.45) is 1.36. The van der Waals surface area contributed by atoms with E-state index >= 15 is 0 Å². The number of nitrogens with zero attached hydrogens (tertiary/aromatic N) is 2. The molecule has 0 fully saturated rings. The van der Waals surface area contributed by atoms with Gasteiger partial charge in [-0.25, -0.2) is 14.8 Å². The van der Waals surface area contributed by atoms with Crippen LogP contribution in [0, 0.1) is 5.41 Å². The molecule has 5 N–H and O–H groups in total. The average Bonchev–Trinajstić information content (AvgIpc) is 3.06. The summed E-state index contributed by atoms with van der Waals surface area (Å²) in [7, 11) is 1.42. The van der Waals surface area contributed by atoms with E-state index in [0.717, 1.165) is 10.9 Å². The lowest BCUT2D eigenvalue weighted by Gasteiger charge is -2.11. The van der Waals surface area contributed by atoms with Gasteiger partial charge in [0, 0.05) is 23.0 Å². The maximum Gasteiger partial charge on any atom is 0.210 e. The van der Waals surface area contributed by atoms with Crippen LogP contribution in [0.1, 0.15) is 23.7 Å². The molecule has 0 radical (unpaired) electrons. The molecule has 132 valence electrons. The second-order valence-corrected chi connectivity index (χ2v) is 5.51. The summed E-state index contributed by atoms with van der Waals surface area (Å²) in [5.41, 5.74) is 8.51. The fraction of sp³-hybridized carbons (Fsp3) is 0.167. The molecule has 2 aromatic heterocycles. The van der Waals surface area contributed by atoms with Crippen LogP contribution in [0.25, 0.3) is 16.7 Å². The topological polar surface area (TPSA) is 130 Å². The van der Waals surface area contributed by atoms with E-state index in [1.807, 2.05) is 19.1 Å². The van der Waals surface area contributed by atoms with E-state index in [9.17, 15) is 4.79 Å². The minimum Gasteiger partial charge on any atom is -0.486 e. The van der Waals surface area contributed by atoms with Crippen molar-refractivity contribution in [2.24, 2.45) is 0 Å². The number of ether oxygens (including phenoxy) is 1. The lowest BCUT2D eigenvalue weighted by molar-refractivity contribution is 0.371. The molecule has 3 rings (SSSR count). The van der Waals surface area contributed by atoms with Crippen molar-refractivity contribution in [2.45, 2.75) is 6.92 Å². The standard InChI is InChI=1S/C18H18N6O2/c1-3-21-18-15(17(20)22-9-23-18)16(19)13-6-10-4-5-11(7-12(10)24-13)14(8-25)26-2/h4-7,9,19,24H,3H2,1-2H3,(H3,20,21,22,23). The molecule has 2 heterocycles. The van der Waals surface area contributed by atoms with E-state index in [2.05, 4.69) is 20.3 Å². The van der Waals surface area contributed by atoms with E-state index in [4.69, 9.17) is 15.9 Å². The first kappa shape index (κ1) is 17.2. The highest BCUT2D eigenvalue weighted by Gasteiger charge is 2.18. The number of nitrogen functional groups attached to an aromatic ring is 1. The number of rotatable bonds is 6. The van der Waals surface area contributed by atoms with Crippen LogP contribution in [0.2, 0.25) is 0 Å². The fourth-order valence-corrected chi connectivity index (χ4v) is 2.70. The highest BCUT2D eigenvalue weighted by molar-refractivity contribution is 6.16. The van der Waals surface area contributed by atoms with Crippen LogP contribution < -0.4 is 11.1 Å². The second kappa shape index (κ2) is 7.08. The summed E-state index contributed by atoms with van der Waals surface area (Å²) in [6, 6.07) is 7.20. The summed E-state index contributed by atoms with van der Waals surface area (Å²) in [5.74, 6) is 2.62. The third-order valence-electron chi connectivity index (χ3n) is 3.92. The number of benzene rings is 1. The third kappa shape index (κ3) is 3.01. The number of methoxy groups -OCH3 is 1. The number of nitrogens with one attached hydrogen (secondary N) is 3. The second-order valence-electron chi connectivity index (χ2n) is 5.51. The molecule has 0 bridgehead atoms. The summed E-state index contributed by atoms with van der Waals surface area (Å²) in [5, 5.41) is 12.5. The summed E-state index contributed by atoms with van der Waals surface area (Å²) in [4.78, 5) is 22.3. The SMILES string of the molecule is CCNc1ncnc(N)c1C(=N)c1cc2ccc(C(=C=O)OC)cc2[nH]1. The van der Waals surface area contributed by atoms with Crippen LogP contribution in [0.4, 0.5) is 11.6 Å². The molecular weight excluding hydrogens is 332 g/mol. The van der Waals surface area contributed by atoms with Gasteiger partial charge in [-0.1, -0.05) is 6.07 Å². The van der Waals surface area contributed by atoms with Crippen LogP contribution in [-0.4, -0.2) is 40.3 Å². The maximum absolute atomic E-state index is 10.9. The first-order valence-electron chi connectivity index (χ1n) is 7.94. The normalized spacial score (nSPS) is 10.4. The van der Waals surface area contributed by atoms with Gasteiger partial charge in [0.2, 0.25) is 5.76 Å². The number of aromatic nitrogens is 3. The molecule has 1 aromatic carbocycles. The Labute approximate surface area is 149 Å². The maximum atomic E-state index is 10.9. The van der Waals surface area contributed by atoms with E-state index in [0.29, 0.717) is 29.2 Å². The number of nitrogens with two attached hydrogens (primary N) is 1. The van der Waals surface area contributed by atoms with Crippen molar-refractivity contribution < 1.29 is 9.53 Å². The van der Waals surface area contributed by atoms with Gasteiger partial charge in [0.1, 0.15) is 18.0 Å². The Bertz CT molecular complexity index is 1030. The molecule has 0 amide bonds. The van der Waals surface area contributed by atoms with Crippen molar-refractivity contribution in [3.05, 3.63) is 47.4 Å². The molecule has 0 aliphatic carbocycles.